The number of nitrogens with one attached hydrogen (secondary N) is 1. The molecule has 8 nitrogen and oxygen atoms in total. The molecule has 0 saturated carbocycles. The first-order valence-corrected chi connectivity index (χ1v) is 10.4. The van der Waals surface area contributed by atoms with Crippen LogP contribution in [-0.4, -0.2) is 62.5 Å². The number of anilines is 1. The smallest absolute Gasteiger partial charge is 0.289 e. The molecule has 9 heteroatoms. The zero-order valence-corrected chi connectivity index (χ0v) is 15.7. The van der Waals surface area contributed by atoms with Gasteiger partial charge in [-0.25, -0.2) is 8.42 Å². The lowest BCUT2D eigenvalue weighted by Crippen LogP contribution is -2.37. The zero-order valence-electron chi connectivity index (χ0n) is 14.9. The van der Waals surface area contributed by atoms with E-state index in [1.54, 1.807) is 46.2 Å². The SMILES string of the molecule is CS(=O)(=O)Nc1ccc(C(=O)N2CCCN(C(=O)c3ccco3)CC2)cc1. The fourth-order valence-electron chi connectivity index (χ4n) is 2.96. The van der Waals surface area contributed by atoms with Crippen molar-refractivity contribution < 1.29 is 22.4 Å². The molecule has 1 N–H and O–H groups in total. The summed E-state index contributed by atoms with van der Waals surface area (Å²) in [4.78, 5) is 28.5. The molecule has 0 aliphatic carbocycles. The molecule has 0 spiro atoms. The first-order valence-electron chi connectivity index (χ1n) is 8.53. The van der Waals surface area contributed by atoms with Crippen molar-refractivity contribution in [1.29, 1.82) is 0 Å². The Labute approximate surface area is 157 Å². The van der Waals surface area contributed by atoms with E-state index in [2.05, 4.69) is 4.72 Å². The number of carbonyl (C=O) groups is 2. The van der Waals surface area contributed by atoms with Gasteiger partial charge in [0.1, 0.15) is 0 Å². The number of hydrogen-bond donors (Lipinski definition) is 1. The number of sulfonamides is 1. The number of rotatable bonds is 4. The molecule has 1 aromatic heterocycles. The van der Waals surface area contributed by atoms with Gasteiger partial charge in [0.05, 0.1) is 12.5 Å². The van der Waals surface area contributed by atoms with Crippen LogP contribution in [0.1, 0.15) is 27.3 Å². The molecule has 0 unspecified atom stereocenters. The molecule has 0 atom stereocenters. The maximum atomic E-state index is 12.7. The number of hydrogen-bond acceptors (Lipinski definition) is 5. The molecule has 2 aromatic rings. The lowest BCUT2D eigenvalue weighted by atomic mass is 10.2. The predicted molar refractivity (Wildman–Crippen MR) is 100 cm³/mol. The Morgan fingerprint density at radius 3 is 2.15 bits per heavy atom. The van der Waals surface area contributed by atoms with Gasteiger partial charge in [-0.2, -0.15) is 0 Å². The van der Waals surface area contributed by atoms with Gasteiger partial charge in [0, 0.05) is 37.4 Å². The lowest BCUT2D eigenvalue weighted by molar-refractivity contribution is 0.0700. The number of furan rings is 1. The average molecular weight is 391 g/mol. The van der Waals surface area contributed by atoms with Crippen molar-refractivity contribution in [2.75, 3.05) is 37.2 Å². The van der Waals surface area contributed by atoms with E-state index in [-0.39, 0.29) is 11.8 Å². The summed E-state index contributed by atoms with van der Waals surface area (Å²) in [6, 6.07) is 9.59. The topological polar surface area (TPSA) is 99.9 Å². The van der Waals surface area contributed by atoms with Crippen LogP contribution in [0.25, 0.3) is 0 Å². The Balaban J connectivity index is 1.63. The van der Waals surface area contributed by atoms with Crippen LogP contribution in [0.2, 0.25) is 0 Å². The van der Waals surface area contributed by atoms with Gasteiger partial charge in [-0.05, 0) is 42.8 Å². The molecule has 1 aliphatic heterocycles. The highest BCUT2D eigenvalue weighted by Gasteiger charge is 2.24. The van der Waals surface area contributed by atoms with Crippen molar-refractivity contribution in [3.8, 4) is 0 Å². The first-order chi connectivity index (χ1) is 12.8. The summed E-state index contributed by atoms with van der Waals surface area (Å²) in [5, 5.41) is 0. The zero-order chi connectivity index (χ0) is 19.4. The van der Waals surface area contributed by atoms with Crippen LogP contribution in [0.15, 0.2) is 47.1 Å². The summed E-state index contributed by atoms with van der Waals surface area (Å²) < 4.78 is 30.0. The highest BCUT2D eigenvalue weighted by atomic mass is 32.2. The van der Waals surface area contributed by atoms with Crippen LogP contribution in [0.3, 0.4) is 0 Å². The standard InChI is InChI=1S/C18H21N3O5S/c1-27(24,25)19-15-7-5-14(6-8-15)17(22)20-9-3-10-21(12-11-20)18(23)16-4-2-13-26-16/h2,4-8,13,19H,3,9-12H2,1H3. The third kappa shape index (κ3) is 4.88. The fraction of sp³-hybridized carbons (Fsp3) is 0.333. The Morgan fingerprint density at radius 2 is 1.59 bits per heavy atom. The van der Waals surface area contributed by atoms with Crippen LogP contribution < -0.4 is 4.72 Å². The minimum absolute atomic E-state index is 0.145. The summed E-state index contributed by atoms with van der Waals surface area (Å²) in [5.41, 5.74) is 0.875. The van der Waals surface area contributed by atoms with E-state index in [1.165, 1.54) is 6.26 Å². The number of amides is 2. The molecule has 2 heterocycles. The van der Waals surface area contributed by atoms with Gasteiger partial charge in [-0.15, -0.1) is 0 Å². The van der Waals surface area contributed by atoms with Gasteiger partial charge in [0.25, 0.3) is 11.8 Å². The van der Waals surface area contributed by atoms with Gasteiger partial charge >= 0.3 is 0 Å². The van der Waals surface area contributed by atoms with Crippen molar-refractivity contribution >= 4 is 27.5 Å². The molecule has 0 radical (unpaired) electrons. The monoisotopic (exact) mass is 391 g/mol. The van der Waals surface area contributed by atoms with Crippen LogP contribution >= 0.6 is 0 Å². The van der Waals surface area contributed by atoms with E-state index in [0.717, 1.165) is 6.26 Å². The quantitative estimate of drug-likeness (QED) is 0.854. The average Bonchev–Trinajstić information content (AvgIpc) is 3.04. The van der Waals surface area contributed by atoms with Gasteiger partial charge in [-0.3, -0.25) is 14.3 Å². The van der Waals surface area contributed by atoms with E-state index in [9.17, 15) is 18.0 Å². The third-order valence-electron chi connectivity index (χ3n) is 4.24. The second-order valence-corrected chi connectivity index (χ2v) is 8.12. The Hall–Kier alpha value is -2.81. The van der Waals surface area contributed by atoms with Crippen molar-refractivity contribution in [3.05, 3.63) is 54.0 Å². The molecule has 1 saturated heterocycles. The maximum absolute atomic E-state index is 12.7. The summed E-state index contributed by atoms with van der Waals surface area (Å²) >= 11 is 0. The Bertz CT molecular complexity index is 907. The van der Waals surface area contributed by atoms with Crippen molar-refractivity contribution in [1.82, 2.24) is 9.80 Å². The van der Waals surface area contributed by atoms with E-state index < -0.39 is 10.0 Å². The van der Waals surface area contributed by atoms with Crippen LogP contribution in [-0.2, 0) is 10.0 Å². The second kappa shape index (κ2) is 7.83. The summed E-state index contributed by atoms with van der Waals surface area (Å²) in [5.74, 6) is -0.0255. The predicted octanol–water partition coefficient (Wildman–Crippen LogP) is 1.64. The fourth-order valence-corrected chi connectivity index (χ4v) is 3.52. The normalized spacial score (nSPS) is 15.3. The largest absolute Gasteiger partial charge is 0.459 e. The van der Waals surface area contributed by atoms with Crippen molar-refractivity contribution in [2.24, 2.45) is 0 Å². The molecule has 2 amide bonds. The van der Waals surface area contributed by atoms with Gasteiger partial charge < -0.3 is 14.2 Å². The summed E-state index contributed by atoms with van der Waals surface area (Å²) in [6.45, 7) is 1.96. The molecule has 3 rings (SSSR count). The van der Waals surface area contributed by atoms with Crippen molar-refractivity contribution in [2.45, 2.75) is 6.42 Å². The van der Waals surface area contributed by atoms with Gasteiger partial charge in [0.15, 0.2) is 5.76 Å². The highest BCUT2D eigenvalue weighted by Crippen LogP contribution is 2.15. The minimum atomic E-state index is -3.36. The summed E-state index contributed by atoms with van der Waals surface area (Å²) in [6.07, 6.45) is 3.20. The highest BCUT2D eigenvalue weighted by molar-refractivity contribution is 7.92. The van der Waals surface area contributed by atoms with Crippen LogP contribution in [0.5, 0.6) is 0 Å². The third-order valence-corrected chi connectivity index (χ3v) is 4.84. The Kier molecular flexibility index (Phi) is 5.50. The van der Waals surface area contributed by atoms with Gasteiger partial charge in [0.2, 0.25) is 10.0 Å². The number of carbonyl (C=O) groups excluding carboxylic acids is 2. The van der Waals surface area contributed by atoms with E-state index >= 15 is 0 Å². The van der Waals surface area contributed by atoms with Gasteiger partial charge in [-0.1, -0.05) is 0 Å². The molecule has 1 aliphatic rings. The van der Waals surface area contributed by atoms with Crippen LogP contribution in [0.4, 0.5) is 5.69 Å². The number of benzene rings is 1. The molecule has 144 valence electrons. The number of nitrogens with zero attached hydrogens (tertiary/aromatic N) is 2. The summed E-state index contributed by atoms with van der Waals surface area (Å²) in [7, 11) is -3.36. The van der Waals surface area contributed by atoms with E-state index in [4.69, 9.17) is 4.42 Å². The maximum Gasteiger partial charge on any atom is 0.289 e. The Morgan fingerprint density at radius 1 is 0.963 bits per heavy atom. The minimum Gasteiger partial charge on any atom is -0.459 e. The van der Waals surface area contributed by atoms with E-state index in [1.807, 2.05) is 0 Å². The molecule has 1 aromatic carbocycles. The lowest BCUT2D eigenvalue weighted by Gasteiger charge is -2.22. The second-order valence-electron chi connectivity index (χ2n) is 6.37. The van der Waals surface area contributed by atoms with E-state index in [0.29, 0.717) is 49.6 Å². The molecular weight excluding hydrogens is 370 g/mol. The molecular formula is C18H21N3O5S. The first kappa shape index (κ1) is 19.0. The molecule has 0 bridgehead atoms. The van der Waals surface area contributed by atoms with Crippen molar-refractivity contribution in [3.63, 3.8) is 0 Å². The molecule has 1 fully saturated rings. The van der Waals surface area contributed by atoms with Crippen LogP contribution in [0, 0.1) is 0 Å². The molecule has 27 heavy (non-hydrogen) atoms.